The van der Waals surface area contributed by atoms with Gasteiger partial charge in [-0.1, -0.05) is 30.3 Å². The molecule has 0 saturated heterocycles. The minimum absolute atomic E-state index is 0.0736. The molecule has 0 fully saturated rings. The van der Waals surface area contributed by atoms with Crippen molar-refractivity contribution in [3.05, 3.63) is 101 Å². The molecule has 1 aromatic heterocycles. The van der Waals surface area contributed by atoms with Gasteiger partial charge in [0.05, 0.1) is 22.1 Å². The number of amides is 1. The van der Waals surface area contributed by atoms with Crippen molar-refractivity contribution in [3.63, 3.8) is 0 Å². The zero-order valence-corrected chi connectivity index (χ0v) is 19.0. The van der Waals surface area contributed by atoms with Crippen LogP contribution in [0.3, 0.4) is 0 Å². The number of anilines is 1. The van der Waals surface area contributed by atoms with E-state index in [4.69, 9.17) is 0 Å². The number of nitrogens with one attached hydrogen (secondary N) is 1. The lowest BCUT2D eigenvalue weighted by atomic mass is 10.2. The average Bonchev–Trinajstić information content (AvgIpc) is 2.82. The SMILES string of the molecule is CN(Cc1ccccc1)S(=O)(=O)c1ccc(NC(=O)Cn2cnc3ccc(F)cc3c2=O)cc1. The molecule has 0 atom stereocenters. The van der Waals surface area contributed by atoms with E-state index in [1.54, 1.807) is 0 Å². The van der Waals surface area contributed by atoms with Crippen molar-refractivity contribution >= 4 is 32.5 Å². The van der Waals surface area contributed by atoms with E-state index >= 15 is 0 Å². The molecule has 1 amide bonds. The lowest BCUT2D eigenvalue weighted by Gasteiger charge is -2.17. The van der Waals surface area contributed by atoms with E-state index in [2.05, 4.69) is 10.3 Å². The number of aromatic nitrogens is 2. The van der Waals surface area contributed by atoms with Crippen LogP contribution in [0.2, 0.25) is 0 Å². The number of halogens is 1. The molecule has 0 aliphatic rings. The number of rotatable bonds is 7. The molecule has 10 heteroatoms. The van der Waals surface area contributed by atoms with Crippen molar-refractivity contribution in [2.45, 2.75) is 18.0 Å². The van der Waals surface area contributed by atoms with Gasteiger partial charge in [0.25, 0.3) is 5.56 Å². The van der Waals surface area contributed by atoms with Gasteiger partial charge in [-0.05, 0) is 48.0 Å². The van der Waals surface area contributed by atoms with Crippen LogP contribution in [0.5, 0.6) is 0 Å². The highest BCUT2D eigenvalue weighted by Crippen LogP contribution is 2.19. The maximum atomic E-state index is 13.5. The molecule has 4 rings (SSSR count). The number of sulfonamides is 1. The molecule has 0 saturated carbocycles. The second kappa shape index (κ2) is 9.54. The van der Waals surface area contributed by atoms with Crippen LogP contribution in [-0.2, 0) is 27.9 Å². The Morgan fingerprint density at radius 1 is 1.06 bits per heavy atom. The molecular formula is C24H21FN4O4S. The number of benzene rings is 3. The van der Waals surface area contributed by atoms with Crippen molar-refractivity contribution in [2.24, 2.45) is 0 Å². The number of hydrogen-bond acceptors (Lipinski definition) is 5. The van der Waals surface area contributed by atoms with Gasteiger partial charge in [0, 0.05) is 19.3 Å². The summed E-state index contributed by atoms with van der Waals surface area (Å²) >= 11 is 0. The zero-order chi connectivity index (χ0) is 24.3. The summed E-state index contributed by atoms with van der Waals surface area (Å²) in [5.41, 5.74) is 1.01. The van der Waals surface area contributed by atoms with E-state index in [9.17, 15) is 22.4 Å². The molecule has 1 heterocycles. The summed E-state index contributed by atoms with van der Waals surface area (Å²) < 4.78 is 41.5. The molecule has 3 aromatic carbocycles. The highest BCUT2D eigenvalue weighted by molar-refractivity contribution is 7.89. The van der Waals surface area contributed by atoms with Gasteiger partial charge < -0.3 is 5.32 Å². The third-order valence-corrected chi connectivity index (χ3v) is 7.01. The normalized spacial score (nSPS) is 11.6. The maximum Gasteiger partial charge on any atom is 0.261 e. The van der Waals surface area contributed by atoms with Crippen LogP contribution >= 0.6 is 0 Å². The summed E-state index contributed by atoms with van der Waals surface area (Å²) in [5, 5.41) is 2.69. The molecule has 0 bridgehead atoms. The van der Waals surface area contributed by atoms with Gasteiger partial charge in [0.2, 0.25) is 15.9 Å². The Morgan fingerprint density at radius 3 is 2.47 bits per heavy atom. The van der Waals surface area contributed by atoms with Gasteiger partial charge >= 0.3 is 0 Å². The first-order valence-corrected chi connectivity index (χ1v) is 11.7. The minimum Gasteiger partial charge on any atom is -0.325 e. The van der Waals surface area contributed by atoms with E-state index in [0.29, 0.717) is 11.2 Å². The summed E-state index contributed by atoms with van der Waals surface area (Å²) in [4.78, 5) is 29.1. The molecule has 1 N–H and O–H groups in total. The van der Waals surface area contributed by atoms with Crippen molar-refractivity contribution in [2.75, 3.05) is 12.4 Å². The van der Waals surface area contributed by atoms with Gasteiger partial charge in [-0.25, -0.2) is 17.8 Å². The first-order valence-electron chi connectivity index (χ1n) is 10.3. The van der Waals surface area contributed by atoms with Gasteiger partial charge in [0.15, 0.2) is 0 Å². The molecule has 174 valence electrons. The smallest absolute Gasteiger partial charge is 0.261 e. The Bertz CT molecular complexity index is 1500. The van der Waals surface area contributed by atoms with Crippen LogP contribution in [0.1, 0.15) is 5.56 Å². The number of carbonyl (C=O) groups excluding carboxylic acids is 1. The first-order chi connectivity index (χ1) is 16.2. The molecule has 4 aromatic rings. The molecule has 8 nitrogen and oxygen atoms in total. The average molecular weight is 481 g/mol. The minimum atomic E-state index is -3.72. The largest absolute Gasteiger partial charge is 0.325 e. The molecule has 0 radical (unpaired) electrons. The van der Waals surface area contributed by atoms with E-state index in [1.165, 1.54) is 54.1 Å². The lowest BCUT2D eigenvalue weighted by molar-refractivity contribution is -0.116. The summed E-state index contributed by atoms with van der Waals surface area (Å²) in [6.45, 7) is -0.113. The van der Waals surface area contributed by atoms with Gasteiger partial charge in [-0.15, -0.1) is 0 Å². The third-order valence-electron chi connectivity index (χ3n) is 5.19. The van der Waals surface area contributed by atoms with Crippen molar-refractivity contribution in [3.8, 4) is 0 Å². The summed E-state index contributed by atoms with van der Waals surface area (Å²) in [6, 6.07) is 18.6. The fourth-order valence-corrected chi connectivity index (χ4v) is 4.57. The van der Waals surface area contributed by atoms with E-state index in [0.717, 1.165) is 16.2 Å². The standard InChI is InChI=1S/C24H21FN4O4S/c1-28(14-17-5-3-2-4-6-17)34(32,33)20-10-8-19(9-11-20)27-23(30)15-29-16-26-22-12-7-18(25)13-21(22)24(29)31/h2-13,16H,14-15H2,1H3,(H,27,30). The van der Waals surface area contributed by atoms with Crippen LogP contribution in [0.15, 0.2) is 88.8 Å². The highest BCUT2D eigenvalue weighted by Gasteiger charge is 2.21. The molecule has 0 spiro atoms. The fourth-order valence-electron chi connectivity index (χ4n) is 3.41. The summed E-state index contributed by atoms with van der Waals surface area (Å²) in [7, 11) is -2.23. The Balaban J connectivity index is 1.44. The zero-order valence-electron chi connectivity index (χ0n) is 18.2. The Hall–Kier alpha value is -3.89. The second-order valence-electron chi connectivity index (χ2n) is 7.66. The van der Waals surface area contributed by atoms with Crippen molar-refractivity contribution < 1.29 is 17.6 Å². The predicted octanol–water partition coefficient (Wildman–Crippen LogP) is 3.00. The van der Waals surface area contributed by atoms with E-state index < -0.39 is 27.3 Å². The molecule has 0 aliphatic carbocycles. The summed E-state index contributed by atoms with van der Waals surface area (Å²) in [6.07, 6.45) is 1.22. The molecule has 0 unspecified atom stereocenters. The fraction of sp³-hybridized carbons (Fsp3) is 0.125. The van der Waals surface area contributed by atoms with Gasteiger partial charge in [-0.2, -0.15) is 4.31 Å². The quantitative estimate of drug-likeness (QED) is 0.438. The second-order valence-corrected chi connectivity index (χ2v) is 9.70. The topological polar surface area (TPSA) is 101 Å². The van der Waals surface area contributed by atoms with Gasteiger partial charge in [0.1, 0.15) is 12.4 Å². The van der Waals surface area contributed by atoms with Crippen LogP contribution < -0.4 is 10.9 Å². The number of carbonyl (C=O) groups is 1. The van der Waals surface area contributed by atoms with Crippen LogP contribution in [0.4, 0.5) is 10.1 Å². The Kier molecular flexibility index (Phi) is 6.53. The van der Waals surface area contributed by atoms with E-state index in [-0.39, 0.29) is 23.4 Å². The Morgan fingerprint density at radius 2 is 1.76 bits per heavy atom. The first kappa shape index (κ1) is 23.3. The monoisotopic (exact) mass is 480 g/mol. The number of hydrogen-bond donors (Lipinski definition) is 1. The van der Waals surface area contributed by atoms with E-state index in [1.807, 2.05) is 30.3 Å². The predicted molar refractivity (Wildman–Crippen MR) is 126 cm³/mol. The van der Waals surface area contributed by atoms with Crippen LogP contribution in [-0.4, -0.2) is 35.2 Å². The highest BCUT2D eigenvalue weighted by atomic mass is 32.2. The Labute approximate surface area is 195 Å². The summed E-state index contributed by atoms with van der Waals surface area (Å²) in [5.74, 6) is -1.09. The van der Waals surface area contributed by atoms with Gasteiger partial charge in [-0.3, -0.25) is 14.2 Å². The van der Waals surface area contributed by atoms with Crippen molar-refractivity contribution in [1.29, 1.82) is 0 Å². The third kappa shape index (κ3) is 5.03. The molecule has 0 aliphatic heterocycles. The van der Waals surface area contributed by atoms with Crippen LogP contribution in [0, 0.1) is 5.82 Å². The number of nitrogens with zero attached hydrogens (tertiary/aromatic N) is 3. The number of fused-ring (bicyclic) bond motifs is 1. The van der Waals surface area contributed by atoms with Crippen LogP contribution in [0.25, 0.3) is 10.9 Å². The molecule has 34 heavy (non-hydrogen) atoms. The van der Waals surface area contributed by atoms with Crippen molar-refractivity contribution in [1.82, 2.24) is 13.9 Å². The molecular weight excluding hydrogens is 459 g/mol. The lowest BCUT2D eigenvalue weighted by Crippen LogP contribution is -2.28. The maximum absolute atomic E-state index is 13.5.